The number of carbonyl (C=O) groups excluding carboxylic acids is 3. The summed E-state index contributed by atoms with van der Waals surface area (Å²) in [6.07, 6.45) is 3.34. The highest BCUT2D eigenvalue weighted by molar-refractivity contribution is 6.30. The van der Waals surface area contributed by atoms with E-state index in [-0.39, 0.29) is 24.5 Å². The first-order valence-corrected chi connectivity index (χ1v) is 9.89. The van der Waals surface area contributed by atoms with E-state index in [0.717, 1.165) is 24.2 Å². The maximum atomic E-state index is 13.2. The third kappa shape index (κ3) is 3.43. The van der Waals surface area contributed by atoms with E-state index in [1.165, 1.54) is 0 Å². The second kappa shape index (κ2) is 7.50. The molecule has 0 bridgehead atoms. The second-order valence-electron chi connectivity index (χ2n) is 7.52. The third-order valence-corrected chi connectivity index (χ3v) is 6.03. The van der Waals surface area contributed by atoms with Crippen LogP contribution in [-0.4, -0.2) is 46.3 Å². The molecule has 27 heavy (non-hydrogen) atoms. The average molecular weight is 392 g/mol. The van der Waals surface area contributed by atoms with Crippen molar-refractivity contribution in [3.63, 3.8) is 0 Å². The van der Waals surface area contributed by atoms with Crippen LogP contribution >= 0.6 is 11.6 Å². The topological polar surface area (TPSA) is 69.7 Å². The number of piperidine rings is 1. The summed E-state index contributed by atoms with van der Waals surface area (Å²) in [4.78, 5) is 41.5. The van der Waals surface area contributed by atoms with E-state index in [9.17, 15) is 14.4 Å². The zero-order valence-electron chi connectivity index (χ0n) is 16.0. The van der Waals surface area contributed by atoms with Gasteiger partial charge in [-0.1, -0.05) is 30.7 Å². The van der Waals surface area contributed by atoms with Gasteiger partial charge in [-0.25, -0.2) is 4.79 Å². The summed E-state index contributed by atoms with van der Waals surface area (Å²) >= 11 is 6.08. The Hall–Kier alpha value is -2.08. The SMILES string of the molecule is CC[C@]1(c2cccc(Cl)c2)NC(=O)N(CC(=O)N2[C@H](C)CCC[C@H]2C)C1=O. The lowest BCUT2D eigenvalue weighted by molar-refractivity contribution is -0.143. The molecule has 0 aliphatic carbocycles. The molecule has 1 aromatic rings. The van der Waals surface area contributed by atoms with Crippen molar-refractivity contribution in [1.29, 1.82) is 0 Å². The summed E-state index contributed by atoms with van der Waals surface area (Å²) in [6, 6.07) is 6.62. The number of nitrogens with zero attached hydrogens (tertiary/aromatic N) is 2. The molecular weight excluding hydrogens is 366 g/mol. The first-order valence-electron chi connectivity index (χ1n) is 9.51. The van der Waals surface area contributed by atoms with Crippen LogP contribution in [0.1, 0.15) is 52.0 Å². The molecular formula is C20H26ClN3O3. The maximum Gasteiger partial charge on any atom is 0.325 e. The summed E-state index contributed by atoms with van der Waals surface area (Å²) < 4.78 is 0. The van der Waals surface area contributed by atoms with Gasteiger partial charge in [-0.2, -0.15) is 0 Å². The molecule has 0 spiro atoms. The third-order valence-electron chi connectivity index (χ3n) is 5.80. The molecule has 3 rings (SSSR count). The molecule has 2 aliphatic heterocycles. The van der Waals surface area contributed by atoms with Gasteiger partial charge in [0.25, 0.3) is 5.91 Å². The highest BCUT2D eigenvalue weighted by Crippen LogP contribution is 2.34. The van der Waals surface area contributed by atoms with Crippen LogP contribution in [0.4, 0.5) is 4.79 Å². The van der Waals surface area contributed by atoms with Gasteiger partial charge in [0.1, 0.15) is 12.1 Å². The highest BCUT2D eigenvalue weighted by Gasteiger charge is 2.52. The predicted molar refractivity (Wildman–Crippen MR) is 103 cm³/mol. The molecule has 3 atom stereocenters. The van der Waals surface area contributed by atoms with E-state index in [0.29, 0.717) is 17.0 Å². The molecule has 1 N–H and O–H groups in total. The Morgan fingerprint density at radius 3 is 2.52 bits per heavy atom. The Labute approximate surface area is 164 Å². The van der Waals surface area contributed by atoms with Crippen molar-refractivity contribution in [2.45, 2.75) is 64.1 Å². The fourth-order valence-corrected chi connectivity index (χ4v) is 4.48. The van der Waals surface area contributed by atoms with Gasteiger partial charge in [0.05, 0.1) is 0 Å². The smallest absolute Gasteiger partial charge is 0.325 e. The standard InChI is InChI=1S/C20H26ClN3O3/c1-4-20(15-9-6-10-16(21)11-15)18(26)23(19(27)22-20)12-17(25)24-13(2)7-5-8-14(24)3/h6,9-11,13-14H,4-5,7-8,12H2,1-3H3,(H,22,27)/t13-,14-,20-/m1/s1. The molecule has 4 amide bonds. The Kier molecular flexibility index (Phi) is 5.47. The lowest BCUT2D eigenvalue weighted by atomic mass is 9.87. The second-order valence-corrected chi connectivity index (χ2v) is 7.96. The zero-order valence-corrected chi connectivity index (χ0v) is 16.8. The number of urea groups is 1. The van der Waals surface area contributed by atoms with Crippen LogP contribution in [0.25, 0.3) is 0 Å². The van der Waals surface area contributed by atoms with Gasteiger partial charge in [-0.05, 0) is 57.2 Å². The fourth-order valence-electron chi connectivity index (χ4n) is 4.29. The molecule has 2 heterocycles. The number of likely N-dealkylation sites (tertiary alicyclic amines) is 1. The van der Waals surface area contributed by atoms with Crippen molar-refractivity contribution >= 4 is 29.4 Å². The van der Waals surface area contributed by atoms with Gasteiger partial charge >= 0.3 is 6.03 Å². The molecule has 2 aliphatic rings. The van der Waals surface area contributed by atoms with Crippen LogP contribution < -0.4 is 5.32 Å². The largest absolute Gasteiger partial charge is 0.336 e. The summed E-state index contributed by atoms with van der Waals surface area (Å²) in [5, 5.41) is 3.29. The highest BCUT2D eigenvalue weighted by atomic mass is 35.5. The summed E-state index contributed by atoms with van der Waals surface area (Å²) in [5.74, 6) is -0.584. The minimum absolute atomic E-state index is 0.117. The number of amides is 4. The van der Waals surface area contributed by atoms with Crippen molar-refractivity contribution < 1.29 is 14.4 Å². The molecule has 1 aromatic carbocycles. The van der Waals surface area contributed by atoms with Gasteiger partial charge in [-0.15, -0.1) is 0 Å². The molecule has 0 aromatic heterocycles. The van der Waals surface area contributed by atoms with Gasteiger partial charge in [-0.3, -0.25) is 14.5 Å². The van der Waals surface area contributed by atoms with Crippen molar-refractivity contribution in [3.8, 4) is 0 Å². The Morgan fingerprint density at radius 2 is 1.93 bits per heavy atom. The first-order chi connectivity index (χ1) is 12.8. The Balaban J connectivity index is 1.84. The zero-order chi connectivity index (χ0) is 19.8. The van der Waals surface area contributed by atoms with Crippen molar-refractivity contribution in [3.05, 3.63) is 34.9 Å². The lowest BCUT2D eigenvalue weighted by Gasteiger charge is -2.39. The molecule has 0 radical (unpaired) electrons. The van der Waals surface area contributed by atoms with Crippen LogP contribution in [0.2, 0.25) is 5.02 Å². The summed E-state index contributed by atoms with van der Waals surface area (Å²) in [6.45, 7) is 5.63. The number of hydrogen-bond donors (Lipinski definition) is 1. The number of benzene rings is 1. The van der Waals surface area contributed by atoms with E-state index in [1.54, 1.807) is 24.3 Å². The Morgan fingerprint density at radius 1 is 1.26 bits per heavy atom. The van der Waals surface area contributed by atoms with Crippen LogP contribution in [0, 0.1) is 0 Å². The van der Waals surface area contributed by atoms with Crippen LogP contribution in [0.15, 0.2) is 24.3 Å². The number of rotatable bonds is 4. The van der Waals surface area contributed by atoms with Crippen LogP contribution in [0.3, 0.4) is 0 Å². The Bertz CT molecular complexity index is 759. The predicted octanol–water partition coefficient (Wildman–Crippen LogP) is 3.29. The van der Waals surface area contributed by atoms with E-state index < -0.39 is 17.5 Å². The average Bonchev–Trinajstić information content (AvgIpc) is 2.87. The van der Waals surface area contributed by atoms with Crippen molar-refractivity contribution in [2.24, 2.45) is 0 Å². The van der Waals surface area contributed by atoms with Gasteiger partial charge in [0, 0.05) is 17.1 Å². The van der Waals surface area contributed by atoms with E-state index in [2.05, 4.69) is 5.32 Å². The fraction of sp³-hybridized carbons (Fsp3) is 0.550. The van der Waals surface area contributed by atoms with E-state index in [1.807, 2.05) is 25.7 Å². The van der Waals surface area contributed by atoms with Crippen molar-refractivity contribution in [1.82, 2.24) is 15.1 Å². The minimum Gasteiger partial charge on any atom is -0.336 e. The molecule has 2 fully saturated rings. The lowest BCUT2D eigenvalue weighted by Crippen LogP contribution is -2.52. The van der Waals surface area contributed by atoms with E-state index >= 15 is 0 Å². The summed E-state index contributed by atoms with van der Waals surface area (Å²) in [7, 11) is 0. The normalized spacial score (nSPS) is 28.4. The number of hydrogen-bond acceptors (Lipinski definition) is 3. The molecule has 7 heteroatoms. The molecule has 0 unspecified atom stereocenters. The van der Waals surface area contributed by atoms with Gasteiger partial charge in [0.15, 0.2) is 0 Å². The molecule has 146 valence electrons. The van der Waals surface area contributed by atoms with Crippen LogP contribution in [0.5, 0.6) is 0 Å². The molecule has 0 saturated carbocycles. The molecule has 6 nitrogen and oxygen atoms in total. The minimum atomic E-state index is -1.18. The maximum absolute atomic E-state index is 13.2. The number of nitrogens with one attached hydrogen (secondary N) is 1. The van der Waals surface area contributed by atoms with Crippen LogP contribution in [-0.2, 0) is 15.1 Å². The van der Waals surface area contributed by atoms with E-state index in [4.69, 9.17) is 11.6 Å². The molecule has 2 saturated heterocycles. The number of halogens is 1. The van der Waals surface area contributed by atoms with Gasteiger partial charge < -0.3 is 10.2 Å². The first kappa shape index (κ1) is 19.7. The number of carbonyl (C=O) groups is 3. The number of imide groups is 1. The quantitative estimate of drug-likeness (QED) is 0.800. The van der Waals surface area contributed by atoms with Gasteiger partial charge in [0.2, 0.25) is 5.91 Å². The van der Waals surface area contributed by atoms with Crippen molar-refractivity contribution in [2.75, 3.05) is 6.54 Å². The monoisotopic (exact) mass is 391 g/mol. The summed E-state index contributed by atoms with van der Waals surface area (Å²) in [5.41, 5.74) is -0.549.